The highest BCUT2D eigenvalue weighted by Gasteiger charge is 2.13. The van der Waals surface area contributed by atoms with E-state index in [9.17, 15) is 0 Å². The number of nitrogens with one attached hydrogen (secondary N) is 2. The molecule has 3 rings (SSSR count). The summed E-state index contributed by atoms with van der Waals surface area (Å²) in [5, 5.41) is 7.75. The number of para-hydroxylation sites is 1. The Morgan fingerprint density at radius 2 is 2.07 bits per heavy atom. The third-order valence-corrected chi connectivity index (χ3v) is 4.67. The van der Waals surface area contributed by atoms with Crippen LogP contribution in [0.3, 0.4) is 0 Å². The molecule has 2 heterocycles. The molecule has 0 spiro atoms. The predicted molar refractivity (Wildman–Crippen MR) is 108 cm³/mol. The lowest BCUT2D eigenvalue weighted by Crippen LogP contribution is -2.38. The summed E-state index contributed by atoms with van der Waals surface area (Å²) in [7, 11) is 0. The van der Waals surface area contributed by atoms with Gasteiger partial charge in [0.2, 0.25) is 0 Å². The molecule has 0 unspecified atom stereocenters. The normalized spacial score (nSPS) is 16.0. The molecule has 1 fully saturated rings. The summed E-state index contributed by atoms with van der Waals surface area (Å²) < 4.78 is 17.0. The fourth-order valence-electron chi connectivity index (χ4n) is 3.16. The Balaban J connectivity index is 1.37. The molecule has 0 aliphatic carbocycles. The second kappa shape index (κ2) is 10.9. The van der Waals surface area contributed by atoms with Gasteiger partial charge < -0.3 is 24.5 Å². The Hall–Kier alpha value is -2.05. The molecule has 0 atom stereocenters. The number of benzene rings is 1. The van der Waals surface area contributed by atoms with Gasteiger partial charge in [-0.25, -0.2) is 4.99 Å². The topological polar surface area (TPSA) is 68.0 Å². The van der Waals surface area contributed by atoms with Crippen LogP contribution in [0.4, 0.5) is 0 Å². The quantitative estimate of drug-likeness (QED) is 0.401. The van der Waals surface area contributed by atoms with Crippen LogP contribution in [0.1, 0.15) is 31.9 Å². The molecule has 1 aliphatic rings. The summed E-state index contributed by atoms with van der Waals surface area (Å²) in [6, 6.07) is 10.1. The summed E-state index contributed by atoms with van der Waals surface area (Å²) in [5.74, 6) is 2.34. The lowest BCUT2D eigenvalue weighted by molar-refractivity contribution is 0.0203. The van der Waals surface area contributed by atoms with E-state index in [0.29, 0.717) is 12.5 Å². The lowest BCUT2D eigenvalue weighted by Gasteiger charge is -2.21. The Morgan fingerprint density at radius 1 is 1.22 bits per heavy atom. The summed E-state index contributed by atoms with van der Waals surface area (Å²) in [6.07, 6.45) is 3.20. The number of rotatable bonds is 9. The van der Waals surface area contributed by atoms with E-state index in [1.54, 1.807) is 0 Å². The minimum Gasteiger partial charge on any atom is -0.459 e. The third-order valence-electron chi connectivity index (χ3n) is 4.67. The minimum absolute atomic E-state index is 0.518. The maximum Gasteiger partial charge on any atom is 0.191 e. The first-order valence-electron chi connectivity index (χ1n) is 10.00. The highest BCUT2D eigenvalue weighted by atomic mass is 16.5. The van der Waals surface area contributed by atoms with Crippen molar-refractivity contribution in [1.29, 1.82) is 0 Å². The Bertz CT molecular complexity index is 675. The van der Waals surface area contributed by atoms with Crippen molar-refractivity contribution in [2.24, 2.45) is 10.9 Å². The van der Waals surface area contributed by atoms with Crippen molar-refractivity contribution in [3.8, 4) is 0 Å². The molecular weight excluding hydrogens is 342 g/mol. The van der Waals surface area contributed by atoms with Gasteiger partial charge in [0, 0.05) is 44.9 Å². The van der Waals surface area contributed by atoms with Crippen molar-refractivity contribution in [3.05, 3.63) is 36.1 Å². The summed E-state index contributed by atoms with van der Waals surface area (Å²) in [6.45, 7) is 7.62. The summed E-state index contributed by atoms with van der Waals surface area (Å²) in [5.41, 5.74) is 0.905. The van der Waals surface area contributed by atoms with Crippen molar-refractivity contribution in [1.82, 2.24) is 10.6 Å². The SMILES string of the molecule is CCNC(=NCc1cc2ccccc2o1)NCCCOCC1CCOCC1. The van der Waals surface area contributed by atoms with Gasteiger partial charge in [-0.2, -0.15) is 0 Å². The van der Waals surface area contributed by atoms with Crippen LogP contribution in [0.2, 0.25) is 0 Å². The molecule has 1 aliphatic heterocycles. The number of hydrogen-bond donors (Lipinski definition) is 2. The zero-order chi connectivity index (χ0) is 18.7. The van der Waals surface area contributed by atoms with Gasteiger partial charge in [-0.15, -0.1) is 0 Å². The maximum absolute atomic E-state index is 5.82. The lowest BCUT2D eigenvalue weighted by atomic mass is 10.0. The Labute approximate surface area is 161 Å². The van der Waals surface area contributed by atoms with Gasteiger partial charge in [0.15, 0.2) is 5.96 Å². The fourth-order valence-corrected chi connectivity index (χ4v) is 3.16. The van der Waals surface area contributed by atoms with E-state index < -0.39 is 0 Å². The second-order valence-corrected chi connectivity index (χ2v) is 6.86. The van der Waals surface area contributed by atoms with Crippen molar-refractivity contribution >= 4 is 16.9 Å². The van der Waals surface area contributed by atoms with Crippen LogP contribution in [0, 0.1) is 5.92 Å². The van der Waals surface area contributed by atoms with Crippen molar-refractivity contribution in [2.75, 3.05) is 39.5 Å². The van der Waals surface area contributed by atoms with Crippen molar-refractivity contribution < 1.29 is 13.9 Å². The van der Waals surface area contributed by atoms with Gasteiger partial charge in [-0.1, -0.05) is 18.2 Å². The molecule has 2 aromatic rings. The van der Waals surface area contributed by atoms with Gasteiger partial charge in [0.25, 0.3) is 0 Å². The number of furan rings is 1. The molecule has 148 valence electrons. The summed E-state index contributed by atoms with van der Waals surface area (Å²) >= 11 is 0. The van der Waals surface area contributed by atoms with Gasteiger partial charge in [-0.3, -0.25) is 0 Å². The summed E-state index contributed by atoms with van der Waals surface area (Å²) in [4.78, 5) is 4.62. The van der Waals surface area contributed by atoms with Crippen molar-refractivity contribution in [2.45, 2.75) is 32.7 Å². The largest absolute Gasteiger partial charge is 0.459 e. The standard InChI is InChI=1S/C21H31N3O3/c1-2-22-21(23-10-5-11-26-16-17-8-12-25-13-9-17)24-15-19-14-18-6-3-4-7-20(18)27-19/h3-4,6-7,14,17H,2,5,8-13,15-16H2,1H3,(H2,22,23,24). The van der Waals surface area contributed by atoms with Crippen LogP contribution >= 0.6 is 0 Å². The zero-order valence-electron chi connectivity index (χ0n) is 16.2. The molecule has 1 saturated heterocycles. The van der Waals surface area contributed by atoms with E-state index in [0.717, 1.165) is 81.5 Å². The molecule has 6 nitrogen and oxygen atoms in total. The zero-order valence-corrected chi connectivity index (χ0v) is 16.2. The van der Waals surface area contributed by atoms with Crippen molar-refractivity contribution in [3.63, 3.8) is 0 Å². The highest BCUT2D eigenvalue weighted by molar-refractivity contribution is 5.80. The molecule has 2 N–H and O–H groups in total. The third kappa shape index (κ3) is 6.56. The van der Waals surface area contributed by atoms with Gasteiger partial charge >= 0.3 is 0 Å². The highest BCUT2D eigenvalue weighted by Crippen LogP contribution is 2.19. The van der Waals surface area contributed by atoms with Crippen LogP contribution in [0.25, 0.3) is 11.0 Å². The number of aliphatic imine (C=N–C) groups is 1. The van der Waals surface area contributed by atoms with Gasteiger partial charge in [-0.05, 0) is 44.2 Å². The minimum atomic E-state index is 0.518. The molecule has 1 aromatic heterocycles. The average molecular weight is 373 g/mol. The van der Waals surface area contributed by atoms with E-state index in [1.165, 1.54) is 0 Å². The van der Waals surface area contributed by atoms with Gasteiger partial charge in [0.1, 0.15) is 17.9 Å². The molecule has 0 amide bonds. The van der Waals surface area contributed by atoms with E-state index in [1.807, 2.05) is 24.3 Å². The van der Waals surface area contributed by atoms with Crippen LogP contribution in [0.15, 0.2) is 39.7 Å². The molecule has 1 aromatic carbocycles. The maximum atomic E-state index is 5.82. The van der Waals surface area contributed by atoms with E-state index in [-0.39, 0.29) is 0 Å². The van der Waals surface area contributed by atoms with Crippen LogP contribution in [-0.4, -0.2) is 45.5 Å². The molecule has 0 bridgehead atoms. The first-order chi connectivity index (χ1) is 13.3. The first-order valence-corrected chi connectivity index (χ1v) is 10.00. The van der Waals surface area contributed by atoms with Crippen LogP contribution in [-0.2, 0) is 16.0 Å². The van der Waals surface area contributed by atoms with E-state index >= 15 is 0 Å². The van der Waals surface area contributed by atoms with E-state index in [4.69, 9.17) is 13.9 Å². The Morgan fingerprint density at radius 3 is 2.89 bits per heavy atom. The number of ether oxygens (including phenoxy) is 2. The average Bonchev–Trinajstić information content (AvgIpc) is 3.12. The molecule has 0 radical (unpaired) electrons. The fraction of sp³-hybridized carbons (Fsp3) is 0.571. The van der Waals surface area contributed by atoms with Gasteiger partial charge in [0.05, 0.1) is 0 Å². The van der Waals surface area contributed by atoms with E-state index in [2.05, 4.69) is 28.6 Å². The molecule has 27 heavy (non-hydrogen) atoms. The second-order valence-electron chi connectivity index (χ2n) is 6.86. The molecular formula is C21H31N3O3. The number of fused-ring (bicyclic) bond motifs is 1. The van der Waals surface area contributed by atoms with Crippen LogP contribution in [0.5, 0.6) is 0 Å². The smallest absolute Gasteiger partial charge is 0.191 e. The monoisotopic (exact) mass is 373 g/mol. The number of hydrogen-bond acceptors (Lipinski definition) is 4. The predicted octanol–water partition coefficient (Wildman–Crippen LogP) is 3.32. The van der Waals surface area contributed by atoms with Crippen LogP contribution < -0.4 is 10.6 Å². The Kier molecular flexibility index (Phi) is 7.99. The molecule has 6 heteroatoms. The molecule has 0 saturated carbocycles. The first kappa shape index (κ1) is 19.7. The number of nitrogens with zero attached hydrogens (tertiary/aromatic N) is 1. The number of guanidine groups is 1.